The van der Waals surface area contributed by atoms with Gasteiger partial charge in [-0.1, -0.05) is 32.3 Å². The van der Waals surface area contributed by atoms with E-state index in [0.29, 0.717) is 0 Å². The third-order valence-electron chi connectivity index (χ3n) is 8.12. The van der Waals surface area contributed by atoms with Gasteiger partial charge in [0.05, 0.1) is 5.92 Å². The number of hydrogen-bond donors (Lipinski definition) is 0. The Kier molecular flexibility index (Phi) is 9.93. The van der Waals surface area contributed by atoms with Crippen molar-refractivity contribution in [3.05, 3.63) is 12.2 Å². The fourth-order valence-corrected chi connectivity index (χ4v) is 6.14. The highest BCUT2D eigenvalue weighted by Gasteiger charge is 2.35. The van der Waals surface area contributed by atoms with Gasteiger partial charge in [-0.05, 0) is 102 Å². The van der Waals surface area contributed by atoms with Crippen molar-refractivity contribution in [3.63, 3.8) is 0 Å². The minimum absolute atomic E-state index is 0.0788. The Morgan fingerprint density at radius 2 is 1.32 bits per heavy atom. The number of hydrogen-bond acceptors (Lipinski definition) is 4. The molecule has 3 saturated carbocycles. The van der Waals surface area contributed by atoms with E-state index in [-0.39, 0.29) is 30.1 Å². The summed E-state index contributed by atoms with van der Waals surface area (Å²) in [5.41, 5.74) is 0. The number of carbonyl (C=O) groups is 2. The zero-order chi connectivity index (χ0) is 22.1. The second kappa shape index (κ2) is 12.6. The van der Waals surface area contributed by atoms with Gasteiger partial charge in [0.1, 0.15) is 12.2 Å². The summed E-state index contributed by atoms with van der Waals surface area (Å²) in [6.07, 6.45) is 20.6. The molecule has 3 aliphatic rings. The topological polar surface area (TPSA) is 52.6 Å². The molecule has 0 N–H and O–H groups in total. The van der Waals surface area contributed by atoms with Crippen LogP contribution in [0.25, 0.3) is 0 Å². The van der Waals surface area contributed by atoms with Crippen molar-refractivity contribution in [3.8, 4) is 0 Å². The van der Waals surface area contributed by atoms with Crippen LogP contribution in [0.3, 0.4) is 0 Å². The van der Waals surface area contributed by atoms with Crippen molar-refractivity contribution >= 4 is 11.9 Å². The van der Waals surface area contributed by atoms with E-state index in [1.807, 2.05) is 6.92 Å². The number of ether oxygens (including phenoxy) is 2. The molecule has 0 aromatic carbocycles. The van der Waals surface area contributed by atoms with E-state index >= 15 is 0 Å². The summed E-state index contributed by atoms with van der Waals surface area (Å²) in [5, 5.41) is 0. The van der Waals surface area contributed by atoms with Crippen LogP contribution in [-0.2, 0) is 19.1 Å². The first kappa shape index (κ1) is 24.3. The zero-order valence-corrected chi connectivity index (χ0v) is 19.9. The number of esters is 2. The number of unbranched alkanes of at least 4 members (excludes halogenated alkanes) is 1. The van der Waals surface area contributed by atoms with Gasteiger partial charge in [0.15, 0.2) is 0 Å². The average molecular weight is 433 g/mol. The molecule has 0 unspecified atom stereocenters. The van der Waals surface area contributed by atoms with Gasteiger partial charge in [0.25, 0.3) is 0 Å². The first-order valence-electron chi connectivity index (χ1n) is 13.1. The van der Waals surface area contributed by atoms with E-state index < -0.39 is 0 Å². The summed E-state index contributed by atoms with van der Waals surface area (Å²) in [5.74, 6) is 2.30. The van der Waals surface area contributed by atoms with E-state index in [4.69, 9.17) is 9.47 Å². The fraction of sp³-hybridized carbons (Fsp3) is 0.852. The molecule has 0 aromatic rings. The molecule has 0 radical (unpaired) electrons. The molecular weight excluding hydrogens is 388 g/mol. The summed E-state index contributed by atoms with van der Waals surface area (Å²) >= 11 is 0. The lowest BCUT2D eigenvalue weighted by Gasteiger charge is -2.37. The number of rotatable bonds is 8. The highest BCUT2D eigenvalue weighted by molar-refractivity contribution is 5.81. The molecule has 31 heavy (non-hydrogen) atoms. The maximum Gasteiger partial charge on any atom is 0.330 e. The van der Waals surface area contributed by atoms with Crippen molar-refractivity contribution in [2.45, 2.75) is 122 Å². The van der Waals surface area contributed by atoms with Gasteiger partial charge in [0, 0.05) is 6.08 Å². The molecule has 0 bridgehead atoms. The Morgan fingerprint density at radius 3 is 1.90 bits per heavy atom. The largest absolute Gasteiger partial charge is 0.462 e. The predicted octanol–water partition coefficient (Wildman–Crippen LogP) is 6.76. The van der Waals surface area contributed by atoms with Gasteiger partial charge in [-0.2, -0.15) is 0 Å². The maximum absolute atomic E-state index is 12.7. The van der Waals surface area contributed by atoms with Gasteiger partial charge in [-0.25, -0.2) is 4.79 Å². The quantitative estimate of drug-likeness (QED) is 0.314. The van der Waals surface area contributed by atoms with E-state index in [1.165, 1.54) is 38.2 Å². The Morgan fingerprint density at radius 1 is 0.774 bits per heavy atom. The monoisotopic (exact) mass is 432 g/mol. The molecule has 0 aromatic heterocycles. The lowest BCUT2D eigenvalue weighted by Crippen LogP contribution is -2.33. The van der Waals surface area contributed by atoms with Crippen LogP contribution in [0, 0.1) is 23.7 Å². The normalized spacial score (nSPS) is 34.4. The molecule has 0 spiro atoms. The molecule has 0 atom stereocenters. The van der Waals surface area contributed by atoms with Crippen LogP contribution in [0.1, 0.15) is 110 Å². The molecule has 3 aliphatic carbocycles. The van der Waals surface area contributed by atoms with Crippen molar-refractivity contribution in [2.75, 3.05) is 0 Å². The van der Waals surface area contributed by atoms with E-state index in [1.54, 1.807) is 6.08 Å². The van der Waals surface area contributed by atoms with Crippen LogP contribution in [0.2, 0.25) is 0 Å². The summed E-state index contributed by atoms with van der Waals surface area (Å²) in [4.78, 5) is 24.4. The Labute approximate surface area is 189 Å². The van der Waals surface area contributed by atoms with E-state index in [2.05, 4.69) is 6.92 Å². The molecule has 4 heteroatoms. The number of carbonyl (C=O) groups excluding carboxylic acids is 2. The van der Waals surface area contributed by atoms with Crippen LogP contribution < -0.4 is 0 Å². The average Bonchev–Trinajstić information content (AvgIpc) is 2.79. The van der Waals surface area contributed by atoms with Gasteiger partial charge in [-0.3, -0.25) is 4.79 Å². The van der Waals surface area contributed by atoms with Crippen LogP contribution in [-0.4, -0.2) is 24.1 Å². The third-order valence-corrected chi connectivity index (χ3v) is 8.12. The standard InChI is InChI=1S/C27H44O4/c1-3-5-7-20-8-16-25(17-9-20)31-27(29)23-12-10-21(11-13-23)22-14-18-24(19-15-22)30-26(28)6-4-2/h4,6,20-25H,3,5,7-19H2,1-2H3/b6-4+/t20-,21-,22-,23-,24-,25-. The smallest absolute Gasteiger partial charge is 0.330 e. The first-order valence-corrected chi connectivity index (χ1v) is 13.1. The lowest BCUT2D eigenvalue weighted by atomic mass is 9.70. The second-order valence-corrected chi connectivity index (χ2v) is 10.3. The lowest BCUT2D eigenvalue weighted by molar-refractivity contribution is -0.157. The van der Waals surface area contributed by atoms with Crippen LogP contribution in [0.4, 0.5) is 0 Å². The summed E-state index contributed by atoms with van der Waals surface area (Å²) in [6.45, 7) is 4.10. The highest BCUT2D eigenvalue weighted by atomic mass is 16.5. The molecule has 176 valence electrons. The molecule has 3 rings (SSSR count). The second-order valence-electron chi connectivity index (χ2n) is 10.3. The minimum Gasteiger partial charge on any atom is -0.462 e. The Hall–Kier alpha value is -1.32. The molecule has 0 aliphatic heterocycles. The Balaban J connectivity index is 1.32. The molecular formula is C27H44O4. The summed E-state index contributed by atoms with van der Waals surface area (Å²) in [6, 6.07) is 0. The van der Waals surface area contributed by atoms with E-state index in [9.17, 15) is 9.59 Å². The van der Waals surface area contributed by atoms with Crippen molar-refractivity contribution < 1.29 is 19.1 Å². The number of allylic oxidation sites excluding steroid dienone is 1. The van der Waals surface area contributed by atoms with Gasteiger partial charge >= 0.3 is 11.9 Å². The SMILES string of the molecule is C/C=C/C(=O)O[C@H]1CC[C@H]([C@H]2CC[C@H](C(=O)O[C@H]3CC[C@H](CCCC)CC3)CC2)CC1. The molecule has 3 fully saturated rings. The van der Waals surface area contributed by atoms with Crippen molar-refractivity contribution in [1.82, 2.24) is 0 Å². The highest BCUT2D eigenvalue weighted by Crippen LogP contribution is 2.41. The Bertz CT molecular complexity index is 574. The summed E-state index contributed by atoms with van der Waals surface area (Å²) < 4.78 is 11.5. The zero-order valence-electron chi connectivity index (χ0n) is 19.9. The van der Waals surface area contributed by atoms with Gasteiger partial charge < -0.3 is 9.47 Å². The minimum atomic E-state index is -0.209. The molecule has 0 saturated heterocycles. The third kappa shape index (κ3) is 7.64. The fourth-order valence-electron chi connectivity index (χ4n) is 6.14. The van der Waals surface area contributed by atoms with Crippen LogP contribution in [0.5, 0.6) is 0 Å². The summed E-state index contributed by atoms with van der Waals surface area (Å²) in [7, 11) is 0. The van der Waals surface area contributed by atoms with Gasteiger partial charge in [0.2, 0.25) is 0 Å². The van der Waals surface area contributed by atoms with Crippen LogP contribution >= 0.6 is 0 Å². The molecule has 4 nitrogen and oxygen atoms in total. The predicted molar refractivity (Wildman–Crippen MR) is 123 cm³/mol. The maximum atomic E-state index is 12.7. The molecule has 0 amide bonds. The van der Waals surface area contributed by atoms with Gasteiger partial charge in [-0.15, -0.1) is 0 Å². The van der Waals surface area contributed by atoms with Crippen molar-refractivity contribution in [1.29, 1.82) is 0 Å². The molecule has 0 heterocycles. The first-order chi connectivity index (χ1) is 15.1. The van der Waals surface area contributed by atoms with E-state index in [0.717, 1.165) is 82.0 Å². The van der Waals surface area contributed by atoms with Crippen molar-refractivity contribution in [2.24, 2.45) is 23.7 Å². The van der Waals surface area contributed by atoms with Crippen LogP contribution in [0.15, 0.2) is 12.2 Å².